The number of hydrogen-bond acceptors (Lipinski definition) is 12. The summed E-state index contributed by atoms with van der Waals surface area (Å²) in [6.45, 7) is 11.3. The Hall–Kier alpha value is -3.07. The number of phosphoric ester groups is 1. The van der Waals surface area contributed by atoms with Crippen molar-refractivity contribution in [2.75, 3.05) is 39.6 Å². The van der Waals surface area contributed by atoms with Gasteiger partial charge in [0, 0.05) is 0 Å². The molecule has 0 fully saturated rings. The summed E-state index contributed by atoms with van der Waals surface area (Å²) >= 11 is 0. The molecule has 0 saturated carbocycles. The van der Waals surface area contributed by atoms with Crippen LogP contribution in [0.2, 0.25) is 0 Å². The van der Waals surface area contributed by atoms with E-state index in [9.17, 15) is 34.0 Å². The summed E-state index contributed by atoms with van der Waals surface area (Å²) in [7, 11) is -4.27. The van der Waals surface area contributed by atoms with E-state index in [1.165, 1.54) is 25.2 Å². The van der Waals surface area contributed by atoms with Crippen LogP contribution < -0.4 is 16.0 Å². The van der Waals surface area contributed by atoms with E-state index in [0.29, 0.717) is 6.42 Å². The third kappa shape index (κ3) is 17.6. The average Bonchev–Trinajstić information content (AvgIpc) is 2.98. The number of hydrogen-bond donors (Lipinski definition) is 5. The molecule has 0 aromatic rings. The fourth-order valence-electron chi connectivity index (χ4n) is 3.15. The molecule has 0 rings (SSSR count). The summed E-state index contributed by atoms with van der Waals surface area (Å²) in [5.41, 5.74) is 0. The lowest BCUT2D eigenvalue weighted by molar-refractivity contribution is -0.149. The van der Waals surface area contributed by atoms with Gasteiger partial charge in [0.15, 0.2) is 6.04 Å². The molecule has 3 amide bonds. The van der Waals surface area contributed by atoms with Crippen molar-refractivity contribution in [3.05, 3.63) is 38.0 Å². The van der Waals surface area contributed by atoms with Crippen molar-refractivity contribution in [2.24, 2.45) is 0 Å². The molecule has 0 unspecified atom stereocenters. The summed E-state index contributed by atoms with van der Waals surface area (Å²) in [6, 6.07) is -4.79. The van der Waals surface area contributed by atoms with E-state index in [2.05, 4.69) is 42.6 Å². The number of unbranched alkanes of at least 4 members (excludes halogenated alkanes) is 4. The Labute approximate surface area is 252 Å². The molecule has 0 aromatic carbocycles. The number of nitrogens with one attached hydrogen (secondary N) is 3. The zero-order valence-corrected chi connectivity index (χ0v) is 25.8. The predicted molar refractivity (Wildman–Crippen MR) is 157 cm³/mol. The van der Waals surface area contributed by atoms with Crippen LogP contribution in [-0.4, -0.2) is 98.0 Å². The second kappa shape index (κ2) is 23.4. The molecule has 0 saturated heterocycles. The predicted octanol–water partition coefficient (Wildman–Crippen LogP) is 1.65. The Morgan fingerprint density at radius 1 is 0.814 bits per heavy atom. The first-order valence-corrected chi connectivity index (χ1v) is 15.3. The largest absolute Gasteiger partial charge is 0.475 e. The number of aliphatic hydroxyl groups is 2. The molecular weight excluding hydrogens is 589 g/mol. The van der Waals surface area contributed by atoms with E-state index < -0.39 is 69.1 Å². The summed E-state index contributed by atoms with van der Waals surface area (Å²) in [6.07, 6.45) is 5.78. The molecule has 0 aromatic heterocycles. The zero-order chi connectivity index (χ0) is 32.7. The molecule has 43 heavy (non-hydrogen) atoms. The lowest BCUT2D eigenvalue weighted by Crippen LogP contribution is -2.60. The van der Waals surface area contributed by atoms with E-state index in [0.717, 1.165) is 25.7 Å². The van der Waals surface area contributed by atoms with E-state index in [-0.39, 0.29) is 26.4 Å². The highest BCUT2D eigenvalue weighted by atomic mass is 31.2. The van der Waals surface area contributed by atoms with Gasteiger partial charge in [-0.15, -0.1) is 13.2 Å². The van der Waals surface area contributed by atoms with Gasteiger partial charge in [-0.25, -0.2) is 14.2 Å². The average molecular weight is 636 g/mol. The molecule has 4 atom stereocenters. The van der Waals surface area contributed by atoms with Gasteiger partial charge in [-0.05, 0) is 13.3 Å². The minimum Gasteiger partial charge on any atom is -0.464 e. The maximum atomic E-state index is 13.1. The Morgan fingerprint density at radius 2 is 1.42 bits per heavy atom. The van der Waals surface area contributed by atoms with Crippen molar-refractivity contribution < 1.29 is 57.0 Å². The van der Waals surface area contributed by atoms with Crippen LogP contribution in [0.15, 0.2) is 38.0 Å². The molecule has 0 aliphatic carbocycles. The maximum Gasteiger partial charge on any atom is 0.475 e. The van der Waals surface area contributed by atoms with E-state index in [1.807, 2.05) is 0 Å². The maximum absolute atomic E-state index is 13.1. The van der Waals surface area contributed by atoms with Crippen molar-refractivity contribution in [1.29, 1.82) is 0 Å². The van der Waals surface area contributed by atoms with E-state index in [1.54, 1.807) is 0 Å². The Morgan fingerprint density at radius 3 is 1.95 bits per heavy atom. The molecule has 15 nitrogen and oxygen atoms in total. The van der Waals surface area contributed by atoms with Crippen LogP contribution in [0.1, 0.15) is 46.0 Å². The smallest absolute Gasteiger partial charge is 0.464 e. The molecule has 0 radical (unpaired) electrons. The molecular formula is C27H46N3O12P. The van der Waals surface area contributed by atoms with Crippen molar-refractivity contribution in [3.8, 4) is 0 Å². The highest BCUT2D eigenvalue weighted by Gasteiger charge is 2.35. The monoisotopic (exact) mass is 635 g/mol. The van der Waals surface area contributed by atoms with Gasteiger partial charge in [-0.2, -0.15) is 0 Å². The topological polar surface area (TPSA) is 208 Å². The number of esters is 1. The number of rotatable bonds is 25. The van der Waals surface area contributed by atoms with Crippen LogP contribution in [-0.2, 0) is 42.0 Å². The number of alkyl carbamates (subject to hydrolysis) is 1. The Balaban J connectivity index is 5.58. The van der Waals surface area contributed by atoms with Crippen LogP contribution in [0.3, 0.4) is 0 Å². The molecule has 0 aliphatic heterocycles. The Kier molecular flexibility index (Phi) is 21.7. The highest BCUT2D eigenvalue weighted by Crippen LogP contribution is 2.49. The first-order chi connectivity index (χ1) is 20.5. The number of carbonyl (C=O) groups is 4. The fourth-order valence-corrected chi connectivity index (χ4v) is 4.28. The number of ether oxygens (including phenoxy) is 2. The Bertz CT molecular complexity index is 930. The summed E-state index contributed by atoms with van der Waals surface area (Å²) in [4.78, 5) is 50.6. The number of amides is 3. The van der Waals surface area contributed by atoms with Gasteiger partial charge in [0.1, 0.15) is 18.7 Å². The lowest BCUT2D eigenvalue weighted by atomic mass is 10.1. The molecule has 16 heteroatoms. The minimum atomic E-state index is -4.27. The number of carbonyl (C=O) groups excluding carboxylic acids is 4. The van der Waals surface area contributed by atoms with Crippen LogP contribution >= 0.6 is 7.82 Å². The standard InChI is InChI=1S/C27H46N3O12P/c1-6-10-11-12-13-17-38-26(35)21(18-31)28-25(34)23(20(5)32)30-24(33)22(29-27(36)39-14-7-2)19-42-43(37,40-15-8-3)41-16-9-4/h7-9,20-23,31-32H,2-4,6,10-19H2,1,5H3,(H,28,34)(H,29,36)(H,30,33)/t20-,21+,22+,23+/m1/s1. The second-order valence-electron chi connectivity index (χ2n) is 9.05. The number of phosphoric acid groups is 1. The van der Waals surface area contributed by atoms with Crippen molar-refractivity contribution in [3.63, 3.8) is 0 Å². The molecule has 0 aliphatic rings. The van der Waals surface area contributed by atoms with Crippen LogP contribution in [0, 0.1) is 0 Å². The quantitative estimate of drug-likeness (QED) is 0.0420. The van der Waals surface area contributed by atoms with Crippen molar-refractivity contribution in [1.82, 2.24) is 16.0 Å². The zero-order valence-electron chi connectivity index (χ0n) is 24.9. The normalized spacial score (nSPS) is 13.9. The van der Waals surface area contributed by atoms with Crippen LogP contribution in [0.5, 0.6) is 0 Å². The molecule has 0 bridgehead atoms. The van der Waals surface area contributed by atoms with E-state index in [4.69, 9.17) is 23.0 Å². The summed E-state index contributed by atoms with van der Waals surface area (Å²) in [5, 5.41) is 26.5. The molecule has 5 N–H and O–H groups in total. The third-order valence-electron chi connectivity index (χ3n) is 5.38. The first-order valence-electron chi connectivity index (χ1n) is 13.8. The fraction of sp³-hybridized carbons (Fsp3) is 0.630. The van der Waals surface area contributed by atoms with Gasteiger partial charge in [0.2, 0.25) is 11.8 Å². The van der Waals surface area contributed by atoms with Gasteiger partial charge in [-0.3, -0.25) is 23.2 Å². The number of aliphatic hydroxyl groups excluding tert-OH is 2. The molecule has 0 heterocycles. The summed E-state index contributed by atoms with van der Waals surface area (Å²) < 4.78 is 38.1. The van der Waals surface area contributed by atoms with Gasteiger partial charge < -0.3 is 35.6 Å². The van der Waals surface area contributed by atoms with Gasteiger partial charge in [-0.1, -0.05) is 57.4 Å². The van der Waals surface area contributed by atoms with Gasteiger partial charge >= 0.3 is 19.9 Å². The van der Waals surface area contributed by atoms with Crippen molar-refractivity contribution >= 4 is 31.7 Å². The molecule has 0 spiro atoms. The lowest BCUT2D eigenvalue weighted by Gasteiger charge is -2.26. The van der Waals surface area contributed by atoms with Crippen molar-refractivity contribution in [2.45, 2.75) is 70.2 Å². The van der Waals surface area contributed by atoms with Crippen LogP contribution in [0.25, 0.3) is 0 Å². The van der Waals surface area contributed by atoms with Gasteiger partial charge in [0.25, 0.3) is 0 Å². The van der Waals surface area contributed by atoms with E-state index >= 15 is 0 Å². The minimum absolute atomic E-state index is 0.0949. The van der Waals surface area contributed by atoms with Crippen LogP contribution in [0.4, 0.5) is 4.79 Å². The first kappa shape index (κ1) is 39.9. The highest BCUT2D eigenvalue weighted by molar-refractivity contribution is 7.48. The third-order valence-corrected chi connectivity index (χ3v) is 6.78. The SMILES string of the molecule is C=CCOC(=O)N[C@@H](COP(=O)(OCC=C)OCC=C)C(=O)N[C@H](C(=O)N[C@@H](CO)C(=O)OCCCCCCC)[C@@H](C)O. The summed E-state index contributed by atoms with van der Waals surface area (Å²) in [5.74, 6) is -3.01. The molecule has 246 valence electrons. The van der Waals surface area contributed by atoms with Gasteiger partial charge in [0.05, 0.1) is 39.1 Å². The second-order valence-corrected chi connectivity index (χ2v) is 10.7.